The van der Waals surface area contributed by atoms with E-state index < -0.39 is 0 Å². The first-order valence-corrected chi connectivity index (χ1v) is 7.43. The van der Waals surface area contributed by atoms with Crippen molar-refractivity contribution in [3.63, 3.8) is 0 Å². The highest BCUT2D eigenvalue weighted by Crippen LogP contribution is 2.20. The highest BCUT2D eigenvalue weighted by molar-refractivity contribution is 9.10. The van der Waals surface area contributed by atoms with E-state index in [0.717, 1.165) is 28.8 Å². The number of anilines is 1. The molecule has 0 saturated carbocycles. The van der Waals surface area contributed by atoms with Gasteiger partial charge in [0.2, 0.25) is 0 Å². The van der Waals surface area contributed by atoms with Crippen LogP contribution < -0.4 is 5.32 Å². The average Bonchev–Trinajstić information content (AvgIpc) is 2.88. The predicted octanol–water partition coefficient (Wildman–Crippen LogP) is 4.54. The fourth-order valence-electron chi connectivity index (χ4n) is 1.85. The number of rotatable bonds is 5. The molecule has 0 fully saturated rings. The third kappa shape index (κ3) is 3.60. The minimum Gasteiger partial charge on any atom is -0.379 e. The molecule has 0 amide bonds. The van der Waals surface area contributed by atoms with Crippen LogP contribution in [-0.2, 0) is 6.54 Å². The van der Waals surface area contributed by atoms with E-state index in [-0.39, 0.29) is 0 Å². The van der Waals surface area contributed by atoms with Gasteiger partial charge in [-0.3, -0.25) is 4.68 Å². The Labute approximate surface area is 123 Å². The van der Waals surface area contributed by atoms with Crippen molar-refractivity contribution in [2.45, 2.75) is 39.8 Å². The number of benzene rings is 1. The smallest absolute Gasteiger partial charge is 0.0815 e. The lowest BCUT2D eigenvalue weighted by Crippen LogP contribution is -2.06. The second-order valence-electron chi connectivity index (χ2n) is 4.86. The van der Waals surface area contributed by atoms with Gasteiger partial charge < -0.3 is 5.32 Å². The molecule has 0 bridgehead atoms. The molecule has 0 saturated heterocycles. The van der Waals surface area contributed by atoms with Crippen LogP contribution in [0.25, 0.3) is 0 Å². The molecule has 3 nitrogen and oxygen atoms in total. The second kappa shape index (κ2) is 6.24. The van der Waals surface area contributed by atoms with Gasteiger partial charge in [-0.25, -0.2) is 0 Å². The number of hydrogen-bond acceptors (Lipinski definition) is 2. The zero-order chi connectivity index (χ0) is 13.8. The Hall–Kier alpha value is -1.29. The molecule has 1 aromatic heterocycles. The minimum absolute atomic E-state index is 0.462. The van der Waals surface area contributed by atoms with Crippen LogP contribution in [0.5, 0.6) is 0 Å². The molecule has 0 aliphatic rings. The lowest BCUT2D eigenvalue weighted by molar-refractivity contribution is 0.474. The predicted molar refractivity (Wildman–Crippen MR) is 83.4 cm³/mol. The summed E-state index contributed by atoms with van der Waals surface area (Å²) in [6.07, 6.45) is 3.15. The Balaban J connectivity index is 1.98. The summed E-state index contributed by atoms with van der Waals surface area (Å²) in [5.41, 5.74) is 3.43. The summed E-state index contributed by atoms with van der Waals surface area (Å²) in [6.45, 7) is 7.20. The monoisotopic (exact) mass is 321 g/mol. The van der Waals surface area contributed by atoms with Crippen molar-refractivity contribution in [2.75, 3.05) is 5.32 Å². The molecule has 19 heavy (non-hydrogen) atoms. The molecule has 1 unspecified atom stereocenters. The lowest BCUT2D eigenvalue weighted by atomic mass is 10.2. The average molecular weight is 322 g/mol. The summed E-state index contributed by atoms with van der Waals surface area (Å²) in [4.78, 5) is 0. The van der Waals surface area contributed by atoms with Crippen molar-refractivity contribution in [3.8, 4) is 0 Å². The first-order valence-electron chi connectivity index (χ1n) is 6.64. The zero-order valence-corrected chi connectivity index (χ0v) is 13.2. The molecule has 0 radical (unpaired) electrons. The molecule has 1 atom stereocenters. The van der Waals surface area contributed by atoms with E-state index in [1.54, 1.807) is 0 Å². The zero-order valence-electron chi connectivity index (χ0n) is 11.7. The molecule has 1 N–H and O–H groups in total. The maximum absolute atomic E-state index is 4.58. The number of nitrogens with one attached hydrogen (secondary N) is 1. The van der Waals surface area contributed by atoms with Gasteiger partial charge in [-0.05, 0) is 50.1 Å². The summed E-state index contributed by atoms with van der Waals surface area (Å²) in [7, 11) is 0. The summed E-state index contributed by atoms with van der Waals surface area (Å²) >= 11 is 3.51. The van der Waals surface area contributed by atoms with Gasteiger partial charge >= 0.3 is 0 Å². The molecular formula is C15H20BrN3. The van der Waals surface area contributed by atoms with E-state index in [1.165, 1.54) is 5.56 Å². The van der Waals surface area contributed by atoms with Crippen LogP contribution in [0.3, 0.4) is 0 Å². The molecule has 1 aromatic carbocycles. The van der Waals surface area contributed by atoms with Crippen LogP contribution in [0.15, 0.2) is 34.9 Å². The van der Waals surface area contributed by atoms with E-state index >= 15 is 0 Å². The van der Waals surface area contributed by atoms with Gasteiger partial charge in [0.1, 0.15) is 0 Å². The van der Waals surface area contributed by atoms with Gasteiger partial charge in [-0.2, -0.15) is 5.10 Å². The fourth-order valence-corrected chi connectivity index (χ4v) is 2.10. The van der Waals surface area contributed by atoms with E-state index in [0.29, 0.717) is 6.04 Å². The molecule has 2 aromatic rings. The number of halogens is 1. The van der Waals surface area contributed by atoms with Gasteiger partial charge in [0.25, 0.3) is 0 Å². The van der Waals surface area contributed by atoms with Crippen LogP contribution in [0.2, 0.25) is 0 Å². The molecule has 2 rings (SSSR count). The number of aryl methyl sites for hydroxylation is 1. The van der Waals surface area contributed by atoms with Crippen molar-refractivity contribution < 1.29 is 0 Å². The van der Waals surface area contributed by atoms with E-state index in [1.807, 2.05) is 4.68 Å². The van der Waals surface area contributed by atoms with Crippen LogP contribution in [0.4, 0.5) is 5.69 Å². The summed E-state index contributed by atoms with van der Waals surface area (Å²) in [6, 6.07) is 8.81. The molecular weight excluding hydrogens is 302 g/mol. The molecule has 0 spiro atoms. The fraction of sp³-hybridized carbons (Fsp3) is 0.400. The van der Waals surface area contributed by atoms with Crippen LogP contribution >= 0.6 is 15.9 Å². The van der Waals surface area contributed by atoms with Crippen LogP contribution in [-0.4, -0.2) is 9.78 Å². The topological polar surface area (TPSA) is 29.9 Å². The number of aromatic nitrogens is 2. The van der Waals surface area contributed by atoms with Gasteiger partial charge in [0.15, 0.2) is 0 Å². The molecule has 4 heteroatoms. The normalized spacial score (nSPS) is 12.4. The highest BCUT2D eigenvalue weighted by atomic mass is 79.9. The first kappa shape index (κ1) is 14.1. The molecule has 0 aliphatic carbocycles. The molecule has 1 heterocycles. The Morgan fingerprint density at radius 1 is 1.37 bits per heavy atom. The van der Waals surface area contributed by atoms with Crippen molar-refractivity contribution in [1.82, 2.24) is 9.78 Å². The maximum atomic E-state index is 4.58. The van der Waals surface area contributed by atoms with Crippen LogP contribution in [0, 0.1) is 6.92 Å². The Morgan fingerprint density at radius 3 is 2.84 bits per heavy atom. The van der Waals surface area contributed by atoms with E-state index in [2.05, 4.69) is 77.6 Å². The van der Waals surface area contributed by atoms with Crippen molar-refractivity contribution in [1.29, 1.82) is 0 Å². The van der Waals surface area contributed by atoms with Gasteiger partial charge in [-0.15, -0.1) is 0 Å². The standard InChI is InChI=1S/C15H20BrN3/c1-4-12(3)19-8-7-14(18-19)10-17-13-5-6-15(16)11(2)9-13/h5-9,12,17H,4,10H2,1-3H3. The number of hydrogen-bond donors (Lipinski definition) is 1. The second-order valence-corrected chi connectivity index (χ2v) is 5.72. The van der Waals surface area contributed by atoms with E-state index in [4.69, 9.17) is 0 Å². The van der Waals surface area contributed by atoms with E-state index in [9.17, 15) is 0 Å². The lowest BCUT2D eigenvalue weighted by Gasteiger charge is -2.09. The quantitative estimate of drug-likeness (QED) is 0.876. The van der Waals surface area contributed by atoms with Crippen molar-refractivity contribution in [3.05, 3.63) is 46.2 Å². The van der Waals surface area contributed by atoms with Gasteiger partial charge in [0.05, 0.1) is 12.2 Å². The Morgan fingerprint density at radius 2 is 2.16 bits per heavy atom. The minimum atomic E-state index is 0.462. The highest BCUT2D eigenvalue weighted by Gasteiger charge is 2.04. The third-order valence-corrected chi connectivity index (χ3v) is 4.23. The number of nitrogens with zero attached hydrogens (tertiary/aromatic N) is 2. The summed E-state index contributed by atoms with van der Waals surface area (Å²) in [5, 5.41) is 7.98. The van der Waals surface area contributed by atoms with Gasteiger partial charge in [-0.1, -0.05) is 22.9 Å². The third-order valence-electron chi connectivity index (χ3n) is 3.34. The Kier molecular flexibility index (Phi) is 4.64. The van der Waals surface area contributed by atoms with Crippen LogP contribution in [0.1, 0.15) is 37.6 Å². The first-order chi connectivity index (χ1) is 9.10. The summed E-state index contributed by atoms with van der Waals surface area (Å²) < 4.78 is 3.17. The SMILES string of the molecule is CCC(C)n1ccc(CNc2ccc(Br)c(C)c2)n1. The molecule has 102 valence electrons. The summed E-state index contributed by atoms with van der Waals surface area (Å²) in [5.74, 6) is 0. The maximum Gasteiger partial charge on any atom is 0.0815 e. The largest absolute Gasteiger partial charge is 0.379 e. The van der Waals surface area contributed by atoms with Gasteiger partial charge in [0, 0.05) is 22.4 Å². The molecule has 0 aliphatic heterocycles. The van der Waals surface area contributed by atoms with Crippen molar-refractivity contribution >= 4 is 21.6 Å². The Bertz CT molecular complexity index is 548. The van der Waals surface area contributed by atoms with Crippen molar-refractivity contribution in [2.24, 2.45) is 0 Å².